The maximum atomic E-state index is 12.1. The van der Waals surface area contributed by atoms with Gasteiger partial charge in [-0.3, -0.25) is 14.2 Å². The van der Waals surface area contributed by atoms with Gasteiger partial charge in [0.1, 0.15) is 5.65 Å². The number of imidazole rings is 1. The molecule has 2 aliphatic rings. The van der Waals surface area contributed by atoms with Crippen LogP contribution in [0.4, 0.5) is 0 Å². The van der Waals surface area contributed by atoms with Crippen molar-refractivity contribution >= 4 is 35.6 Å². The lowest BCUT2D eigenvalue weighted by Gasteiger charge is -2.38. The van der Waals surface area contributed by atoms with Crippen LogP contribution in [0.2, 0.25) is 5.02 Å². The highest BCUT2D eigenvalue weighted by Crippen LogP contribution is 2.39. The standard InChI is InChI=1S/C24H28ClN5O2.ClH/c1-26-14-23(31)29-9-7-24(8-10-29)12-17(16-32-24)11-19-3-2-4-20(28-19)21-13-27-22-6-5-18(25)15-30(21)22;/h2-6,13,15,17,26H,7-12,14,16H2,1H3;1H. The fourth-order valence-corrected chi connectivity index (χ4v) is 5.18. The van der Waals surface area contributed by atoms with Crippen molar-refractivity contribution in [3.63, 3.8) is 0 Å². The smallest absolute Gasteiger partial charge is 0.236 e. The summed E-state index contributed by atoms with van der Waals surface area (Å²) in [4.78, 5) is 23.5. The van der Waals surface area contributed by atoms with E-state index in [0.717, 1.165) is 68.1 Å². The van der Waals surface area contributed by atoms with Crippen LogP contribution in [-0.2, 0) is 16.0 Å². The quantitative estimate of drug-likeness (QED) is 0.592. The first-order chi connectivity index (χ1) is 15.5. The van der Waals surface area contributed by atoms with Gasteiger partial charge < -0.3 is 15.0 Å². The van der Waals surface area contributed by atoms with Crippen molar-refractivity contribution in [1.29, 1.82) is 0 Å². The first kappa shape index (κ1) is 24.0. The minimum atomic E-state index is -0.0862. The fourth-order valence-electron chi connectivity index (χ4n) is 5.02. The van der Waals surface area contributed by atoms with Crippen molar-refractivity contribution in [3.05, 3.63) is 53.4 Å². The highest BCUT2D eigenvalue weighted by molar-refractivity contribution is 6.30. The van der Waals surface area contributed by atoms with Crippen LogP contribution in [0.15, 0.2) is 42.7 Å². The Kier molecular flexibility index (Phi) is 7.24. The van der Waals surface area contributed by atoms with E-state index in [1.54, 1.807) is 0 Å². The number of nitrogens with one attached hydrogen (secondary N) is 1. The van der Waals surface area contributed by atoms with Gasteiger partial charge in [-0.25, -0.2) is 4.98 Å². The number of piperidine rings is 1. The molecule has 2 aliphatic heterocycles. The number of pyridine rings is 2. The fraction of sp³-hybridized carbons (Fsp3) is 0.458. The molecule has 1 atom stereocenters. The van der Waals surface area contributed by atoms with Crippen LogP contribution in [0.25, 0.3) is 17.0 Å². The molecule has 0 radical (unpaired) electrons. The van der Waals surface area contributed by atoms with Crippen molar-refractivity contribution in [1.82, 2.24) is 24.6 Å². The van der Waals surface area contributed by atoms with E-state index < -0.39 is 0 Å². The van der Waals surface area contributed by atoms with Gasteiger partial charge in [0.05, 0.1) is 41.4 Å². The molecule has 2 saturated heterocycles. The average Bonchev–Trinajstić information content (AvgIpc) is 3.38. The molecule has 5 rings (SSSR count). The second-order valence-electron chi connectivity index (χ2n) is 8.91. The van der Waals surface area contributed by atoms with Gasteiger partial charge in [-0.05, 0) is 62.9 Å². The zero-order valence-corrected chi connectivity index (χ0v) is 20.2. The molecule has 33 heavy (non-hydrogen) atoms. The number of carbonyl (C=O) groups is 1. The predicted molar refractivity (Wildman–Crippen MR) is 131 cm³/mol. The Morgan fingerprint density at radius 3 is 2.88 bits per heavy atom. The van der Waals surface area contributed by atoms with Crippen molar-refractivity contribution in [2.75, 3.05) is 33.3 Å². The van der Waals surface area contributed by atoms with Crippen LogP contribution in [0, 0.1) is 5.92 Å². The lowest BCUT2D eigenvalue weighted by Crippen LogP contribution is -2.48. The summed E-state index contributed by atoms with van der Waals surface area (Å²) in [6.45, 7) is 2.70. The van der Waals surface area contributed by atoms with Crippen LogP contribution >= 0.6 is 24.0 Å². The average molecular weight is 490 g/mol. The number of aromatic nitrogens is 3. The molecular weight excluding hydrogens is 461 g/mol. The Morgan fingerprint density at radius 1 is 1.27 bits per heavy atom. The molecule has 5 heterocycles. The van der Waals surface area contributed by atoms with Crippen LogP contribution in [-0.4, -0.2) is 64.1 Å². The molecule has 7 nitrogen and oxygen atoms in total. The van der Waals surface area contributed by atoms with Crippen molar-refractivity contribution < 1.29 is 9.53 Å². The molecule has 1 unspecified atom stereocenters. The molecular formula is C24H29Cl2N5O2. The molecule has 1 N–H and O–H groups in total. The molecule has 0 saturated carbocycles. The van der Waals surface area contributed by atoms with Gasteiger partial charge >= 0.3 is 0 Å². The van der Waals surface area contributed by atoms with Crippen LogP contribution in [0.3, 0.4) is 0 Å². The normalized spacial score (nSPS) is 19.7. The zero-order valence-electron chi connectivity index (χ0n) is 18.7. The van der Waals surface area contributed by atoms with E-state index in [-0.39, 0.29) is 23.9 Å². The molecule has 9 heteroatoms. The van der Waals surface area contributed by atoms with Gasteiger partial charge in [-0.1, -0.05) is 17.7 Å². The number of amides is 1. The van der Waals surface area contributed by atoms with E-state index in [1.165, 1.54) is 0 Å². The number of rotatable bonds is 5. The summed E-state index contributed by atoms with van der Waals surface area (Å²) in [6.07, 6.45) is 7.45. The molecule has 176 valence electrons. The van der Waals surface area contributed by atoms with Gasteiger partial charge in [0.2, 0.25) is 5.91 Å². The zero-order chi connectivity index (χ0) is 22.1. The van der Waals surface area contributed by atoms with Gasteiger partial charge in [0, 0.05) is 25.0 Å². The lowest BCUT2D eigenvalue weighted by atomic mass is 9.84. The summed E-state index contributed by atoms with van der Waals surface area (Å²) >= 11 is 6.18. The maximum Gasteiger partial charge on any atom is 0.236 e. The molecule has 2 fully saturated rings. The summed E-state index contributed by atoms with van der Waals surface area (Å²) in [6, 6.07) is 9.90. The number of hydrogen-bond acceptors (Lipinski definition) is 5. The SMILES string of the molecule is CNCC(=O)N1CCC2(CC1)CC(Cc1cccc(-c3cnc4ccc(Cl)cn34)n1)CO2.Cl. The van der Waals surface area contributed by atoms with Crippen LogP contribution in [0.5, 0.6) is 0 Å². The Hall–Kier alpha value is -2.19. The van der Waals surface area contributed by atoms with Crippen LogP contribution in [0.1, 0.15) is 25.0 Å². The Morgan fingerprint density at radius 2 is 2.09 bits per heavy atom. The first-order valence-electron chi connectivity index (χ1n) is 11.2. The maximum absolute atomic E-state index is 12.1. The Labute approximate surface area is 204 Å². The number of halogens is 2. The Bertz CT molecular complexity index is 1130. The summed E-state index contributed by atoms with van der Waals surface area (Å²) in [7, 11) is 1.81. The number of ether oxygens (including phenoxy) is 1. The first-order valence-corrected chi connectivity index (χ1v) is 11.6. The highest BCUT2D eigenvalue weighted by Gasteiger charge is 2.43. The number of likely N-dealkylation sites (N-methyl/N-ethyl adjacent to an activating group) is 1. The highest BCUT2D eigenvalue weighted by atomic mass is 35.5. The molecule has 3 aromatic rings. The molecule has 0 aromatic carbocycles. The minimum Gasteiger partial charge on any atom is -0.375 e. The van der Waals surface area contributed by atoms with Gasteiger partial charge in [-0.15, -0.1) is 12.4 Å². The van der Waals surface area contributed by atoms with E-state index in [1.807, 2.05) is 46.9 Å². The number of hydrogen-bond donors (Lipinski definition) is 1. The van der Waals surface area contributed by atoms with Gasteiger partial charge in [-0.2, -0.15) is 0 Å². The van der Waals surface area contributed by atoms with E-state index in [0.29, 0.717) is 17.5 Å². The summed E-state index contributed by atoms with van der Waals surface area (Å²) < 4.78 is 8.29. The van der Waals surface area contributed by atoms with E-state index in [2.05, 4.69) is 22.4 Å². The third-order valence-electron chi connectivity index (χ3n) is 6.68. The second kappa shape index (κ2) is 9.97. The van der Waals surface area contributed by atoms with E-state index in [9.17, 15) is 4.79 Å². The molecule has 0 aliphatic carbocycles. The molecule has 1 amide bonds. The Balaban J connectivity index is 0.00000259. The number of nitrogens with zero attached hydrogens (tertiary/aromatic N) is 4. The topological polar surface area (TPSA) is 71.8 Å². The predicted octanol–water partition coefficient (Wildman–Crippen LogP) is 3.63. The lowest BCUT2D eigenvalue weighted by molar-refractivity contribution is -0.134. The third-order valence-corrected chi connectivity index (χ3v) is 6.90. The number of carbonyl (C=O) groups excluding carboxylic acids is 1. The van der Waals surface area contributed by atoms with Gasteiger partial charge in [0.25, 0.3) is 0 Å². The third kappa shape index (κ3) is 5.01. The largest absolute Gasteiger partial charge is 0.375 e. The van der Waals surface area contributed by atoms with Crippen molar-refractivity contribution in [2.45, 2.75) is 31.3 Å². The monoisotopic (exact) mass is 489 g/mol. The van der Waals surface area contributed by atoms with E-state index in [4.69, 9.17) is 21.3 Å². The summed E-state index contributed by atoms with van der Waals surface area (Å²) in [5.41, 5.74) is 3.65. The van der Waals surface area contributed by atoms with Gasteiger partial charge in [0.15, 0.2) is 0 Å². The minimum absolute atomic E-state index is 0. The molecule has 1 spiro atoms. The molecule has 3 aromatic heterocycles. The van der Waals surface area contributed by atoms with Crippen LogP contribution < -0.4 is 5.32 Å². The summed E-state index contributed by atoms with van der Waals surface area (Å²) in [5.74, 6) is 0.612. The second-order valence-corrected chi connectivity index (χ2v) is 9.35. The number of fused-ring (bicyclic) bond motifs is 1. The summed E-state index contributed by atoms with van der Waals surface area (Å²) in [5, 5.41) is 3.61. The van der Waals surface area contributed by atoms with Crippen molar-refractivity contribution in [3.8, 4) is 11.4 Å². The van der Waals surface area contributed by atoms with E-state index >= 15 is 0 Å². The van der Waals surface area contributed by atoms with Crippen molar-refractivity contribution in [2.24, 2.45) is 5.92 Å². The molecule has 0 bridgehead atoms. The number of likely N-dealkylation sites (tertiary alicyclic amines) is 1.